The van der Waals surface area contributed by atoms with Crippen molar-refractivity contribution < 1.29 is 14.0 Å². The number of hydrogen-bond donors (Lipinski definition) is 3. The number of aromatic nitrogens is 2. The fourth-order valence-electron chi connectivity index (χ4n) is 4.04. The van der Waals surface area contributed by atoms with E-state index in [-0.39, 0.29) is 28.7 Å². The summed E-state index contributed by atoms with van der Waals surface area (Å²) in [4.78, 5) is 21.6. The smallest absolute Gasteiger partial charge is 0.152 e. The number of H-pyrrole nitrogens is 1. The molecule has 6 nitrogen and oxygen atoms in total. The highest BCUT2D eigenvalue weighted by Gasteiger charge is 2.30. The van der Waals surface area contributed by atoms with Gasteiger partial charge in [-0.2, -0.15) is 5.10 Å². The van der Waals surface area contributed by atoms with Crippen molar-refractivity contribution in [1.29, 1.82) is 0 Å². The van der Waals surface area contributed by atoms with Crippen LogP contribution in [-0.4, -0.2) is 21.8 Å². The van der Waals surface area contributed by atoms with Crippen molar-refractivity contribution >= 4 is 35.0 Å². The number of nitrogens with one attached hydrogen (secondary N) is 3. The molecule has 3 unspecified atom stereocenters. The Labute approximate surface area is 232 Å². The third kappa shape index (κ3) is 9.23. The minimum Gasteiger partial charge on any atom is -0.336 e. The second-order valence-corrected chi connectivity index (χ2v) is 12.8. The van der Waals surface area contributed by atoms with E-state index in [0.29, 0.717) is 24.0 Å². The molecule has 4 rings (SSSR count). The van der Waals surface area contributed by atoms with Crippen LogP contribution < -0.4 is 10.0 Å². The average molecular weight is 547 g/mol. The summed E-state index contributed by atoms with van der Waals surface area (Å²) in [5, 5.41) is 10.7. The highest BCUT2D eigenvalue weighted by Crippen LogP contribution is 2.42. The van der Waals surface area contributed by atoms with Crippen LogP contribution in [0.15, 0.2) is 23.1 Å². The topological polar surface area (TPSA) is 86.9 Å². The largest absolute Gasteiger partial charge is 0.336 e. The molecule has 8 heteroatoms. The molecule has 1 aromatic heterocycles. The van der Waals surface area contributed by atoms with E-state index in [4.69, 9.17) is 0 Å². The van der Waals surface area contributed by atoms with Crippen molar-refractivity contribution in [3.8, 4) is 0 Å². The molecule has 0 amide bonds. The Morgan fingerprint density at radius 1 is 1.18 bits per heavy atom. The van der Waals surface area contributed by atoms with Crippen LogP contribution in [0.5, 0.6) is 0 Å². The molecule has 2 heterocycles. The number of fused-ring (bicyclic) bond motifs is 1. The first-order chi connectivity index (χ1) is 17.7. The lowest BCUT2D eigenvalue weighted by Gasteiger charge is -2.16. The molecule has 0 bridgehead atoms. The van der Waals surface area contributed by atoms with Crippen LogP contribution in [0.4, 0.5) is 15.9 Å². The first-order valence-corrected chi connectivity index (χ1v) is 14.6. The molecular formula is C30H47FN4O2S. The number of halogens is 1. The number of hydrogen-bond acceptors (Lipinski definition) is 6. The Balaban J connectivity index is 0.000000325. The molecule has 1 aliphatic carbocycles. The summed E-state index contributed by atoms with van der Waals surface area (Å²) in [7, 11) is 0. The lowest BCUT2D eigenvalue weighted by molar-refractivity contribution is -0.124. The minimum absolute atomic E-state index is 0.139. The molecule has 1 fully saturated rings. The zero-order chi connectivity index (χ0) is 28.6. The number of carbonyl (C=O) groups excluding carboxylic acids is 2. The summed E-state index contributed by atoms with van der Waals surface area (Å²) in [5.41, 5.74) is 2.26. The number of ketones is 2. The van der Waals surface area contributed by atoms with Crippen molar-refractivity contribution in [3.05, 3.63) is 35.3 Å². The van der Waals surface area contributed by atoms with Crippen LogP contribution in [0.2, 0.25) is 0 Å². The predicted octanol–water partition coefficient (Wildman–Crippen LogP) is 8.19. The number of carbonyl (C=O) groups is 2. The maximum atomic E-state index is 14.6. The summed E-state index contributed by atoms with van der Waals surface area (Å²) in [6.45, 7) is 17.9. The molecule has 0 saturated heterocycles. The first-order valence-electron chi connectivity index (χ1n) is 13.8. The molecule has 3 N–H and O–H groups in total. The van der Waals surface area contributed by atoms with Gasteiger partial charge in [-0.3, -0.25) is 19.4 Å². The van der Waals surface area contributed by atoms with Gasteiger partial charge in [0.2, 0.25) is 0 Å². The van der Waals surface area contributed by atoms with Gasteiger partial charge in [-0.1, -0.05) is 54.9 Å². The Hall–Kier alpha value is -2.19. The lowest BCUT2D eigenvalue weighted by Crippen LogP contribution is -2.15. The van der Waals surface area contributed by atoms with E-state index in [1.165, 1.54) is 43.3 Å². The Morgan fingerprint density at radius 3 is 2.37 bits per heavy atom. The van der Waals surface area contributed by atoms with Crippen molar-refractivity contribution in [2.75, 3.05) is 5.32 Å². The fourth-order valence-corrected chi connectivity index (χ4v) is 4.84. The predicted molar refractivity (Wildman–Crippen MR) is 156 cm³/mol. The maximum Gasteiger partial charge on any atom is 0.152 e. The number of nitrogens with zero attached hydrogens (tertiary/aromatic N) is 1. The molecule has 38 heavy (non-hydrogen) atoms. The van der Waals surface area contributed by atoms with Crippen molar-refractivity contribution in [3.63, 3.8) is 0 Å². The second-order valence-electron chi connectivity index (χ2n) is 11.9. The molecular weight excluding hydrogens is 499 g/mol. The summed E-state index contributed by atoms with van der Waals surface area (Å²) < 4.78 is 17.7. The molecule has 1 aromatic carbocycles. The highest BCUT2D eigenvalue weighted by atomic mass is 32.2. The number of Topliss-reactive ketones (excluding diaryl/α,β-unsaturated/α-hetero) is 2. The van der Waals surface area contributed by atoms with E-state index in [2.05, 4.69) is 34.1 Å². The second kappa shape index (κ2) is 14.3. The van der Waals surface area contributed by atoms with E-state index in [0.717, 1.165) is 22.3 Å². The van der Waals surface area contributed by atoms with Gasteiger partial charge in [-0.05, 0) is 69.0 Å². The van der Waals surface area contributed by atoms with E-state index in [1.54, 1.807) is 19.9 Å². The van der Waals surface area contributed by atoms with E-state index < -0.39 is 0 Å². The highest BCUT2D eigenvalue weighted by molar-refractivity contribution is 7.97. The Bertz CT molecular complexity index is 1080. The van der Waals surface area contributed by atoms with Crippen LogP contribution in [0.25, 0.3) is 0 Å². The number of anilines is 2. The molecule has 1 saturated carbocycles. The summed E-state index contributed by atoms with van der Waals surface area (Å²) in [5.74, 6) is 3.38. The van der Waals surface area contributed by atoms with Gasteiger partial charge in [0.1, 0.15) is 11.6 Å². The van der Waals surface area contributed by atoms with Gasteiger partial charge in [0, 0.05) is 46.0 Å². The fraction of sp³-hybridized carbons (Fsp3) is 0.633. The SMILES string of the molecule is CC(=O)C(C)(C)C.CC(=O)C(C)C.CCC(C)C1CCC(c2cc(Nc3ccc4c(c3F)CNS4)n[nH]2)C1. The van der Waals surface area contributed by atoms with Gasteiger partial charge in [0.15, 0.2) is 11.6 Å². The third-order valence-corrected chi connectivity index (χ3v) is 8.61. The van der Waals surface area contributed by atoms with Gasteiger partial charge in [-0.15, -0.1) is 0 Å². The van der Waals surface area contributed by atoms with Crippen LogP contribution in [0.3, 0.4) is 0 Å². The van der Waals surface area contributed by atoms with E-state index >= 15 is 0 Å². The van der Waals surface area contributed by atoms with Gasteiger partial charge in [-0.25, -0.2) is 4.39 Å². The zero-order valence-corrected chi connectivity index (χ0v) is 25.4. The quantitative estimate of drug-likeness (QED) is 0.317. The molecule has 212 valence electrons. The van der Waals surface area contributed by atoms with Gasteiger partial charge in [0.05, 0.1) is 5.69 Å². The van der Waals surface area contributed by atoms with Crippen LogP contribution in [-0.2, 0) is 16.1 Å². The molecule has 3 atom stereocenters. The summed E-state index contributed by atoms with van der Waals surface area (Å²) >= 11 is 1.48. The third-order valence-electron chi connectivity index (χ3n) is 7.72. The lowest BCUT2D eigenvalue weighted by atomic mass is 9.89. The van der Waals surface area contributed by atoms with Crippen LogP contribution >= 0.6 is 11.9 Å². The van der Waals surface area contributed by atoms with Crippen molar-refractivity contribution in [2.24, 2.45) is 23.2 Å². The average Bonchev–Trinajstić information content (AvgIpc) is 3.61. The number of benzene rings is 1. The first kappa shape index (κ1) is 32.0. The van der Waals surface area contributed by atoms with E-state index in [1.807, 2.05) is 46.8 Å². The van der Waals surface area contributed by atoms with Gasteiger partial charge < -0.3 is 5.32 Å². The number of rotatable bonds is 6. The molecule has 2 aromatic rings. The van der Waals surface area contributed by atoms with Gasteiger partial charge in [0.25, 0.3) is 0 Å². The van der Waals surface area contributed by atoms with E-state index in [9.17, 15) is 14.0 Å². The number of aromatic amines is 1. The summed E-state index contributed by atoms with van der Waals surface area (Å²) in [6.07, 6.45) is 4.99. The normalized spacial score (nSPS) is 19.1. The van der Waals surface area contributed by atoms with Crippen LogP contribution in [0.1, 0.15) is 105 Å². The molecule has 0 spiro atoms. The zero-order valence-electron chi connectivity index (χ0n) is 24.6. The van der Waals surface area contributed by atoms with Crippen molar-refractivity contribution in [1.82, 2.24) is 14.9 Å². The monoisotopic (exact) mass is 546 g/mol. The Kier molecular flexibility index (Phi) is 12.0. The molecule has 0 radical (unpaired) electrons. The maximum absolute atomic E-state index is 14.6. The Morgan fingerprint density at radius 2 is 1.82 bits per heavy atom. The van der Waals surface area contributed by atoms with Gasteiger partial charge >= 0.3 is 0 Å². The minimum atomic E-state index is -0.183. The summed E-state index contributed by atoms with van der Waals surface area (Å²) in [6, 6.07) is 5.78. The standard InChI is InChI=1S/C19H25FN4S.C6H12O.C5H10O/c1-3-11(2)12-4-5-13(8-12)16-9-18(24-23-16)22-15-6-7-17-14(19(15)20)10-21-25-17;1-5(7)6(2,3)4;1-4(2)5(3)6/h6-7,9,11-13,21H,3-5,8,10H2,1-2H3,(H2,22,23,24);1-4H3;4H,1-3H3. The molecule has 2 aliphatic rings. The van der Waals surface area contributed by atoms with Crippen LogP contribution in [0, 0.1) is 29.0 Å². The molecule has 1 aliphatic heterocycles. The van der Waals surface area contributed by atoms with Crippen molar-refractivity contribution in [2.45, 2.75) is 105 Å².